The Bertz CT molecular complexity index is 1460. The van der Waals surface area contributed by atoms with Gasteiger partial charge in [0.25, 0.3) is 0 Å². The van der Waals surface area contributed by atoms with Gasteiger partial charge in [-0.2, -0.15) is 4.39 Å². The molecular formula is C27H25F2N6O3S-. The third-order valence-corrected chi connectivity index (χ3v) is 6.70. The quantitative estimate of drug-likeness (QED) is 0.264. The van der Waals surface area contributed by atoms with Crippen molar-refractivity contribution >= 4 is 17.2 Å². The fraction of sp³-hybridized carbons (Fsp3) is 0.222. The number of nitrogens with zero attached hydrogens (tertiary/aromatic N) is 3. The number of ether oxygens (including phenoxy) is 1. The van der Waals surface area contributed by atoms with Crippen LogP contribution in [0.25, 0.3) is 11.3 Å². The predicted molar refractivity (Wildman–Crippen MR) is 142 cm³/mol. The predicted octanol–water partition coefficient (Wildman–Crippen LogP) is 4.25. The van der Waals surface area contributed by atoms with Crippen molar-refractivity contribution in [1.29, 1.82) is 0 Å². The molecule has 3 heterocycles. The standard InChI is InChI=1S/C27H26F2N6O3S/c28-23-20(25(35-39(36)37)17-6-2-1-3-7-17)10-11-22(24(23)29)38-26-19(9-5-14-31-26)21-12-15-32-27(34-21)33-18-8-4-13-30-16-18/h1-3,5-7,9-12,14-15,18,25,30,35H,4,8,13,16H2,(H,36,37)(H,32,33,34)/p-1/t18-,25-/m0/s1. The molecule has 1 fully saturated rings. The summed E-state index contributed by atoms with van der Waals surface area (Å²) in [6.07, 6.45) is 5.11. The Morgan fingerprint density at radius 3 is 2.64 bits per heavy atom. The highest BCUT2D eigenvalue weighted by Crippen LogP contribution is 2.35. The van der Waals surface area contributed by atoms with E-state index in [0.29, 0.717) is 22.8 Å². The molecule has 0 radical (unpaired) electrons. The summed E-state index contributed by atoms with van der Waals surface area (Å²) in [5.74, 6) is -2.48. The molecule has 1 saturated heterocycles. The lowest BCUT2D eigenvalue weighted by Gasteiger charge is -2.23. The molecule has 0 amide bonds. The molecule has 1 aliphatic heterocycles. The number of piperidine rings is 1. The van der Waals surface area contributed by atoms with Gasteiger partial charge in [-0.25, -0.2) is 24.1 Å². The van der Waals surface area contributed by atoms with Crippen molar-refractivity contribution in [2.75, 3.05) is 18.4 Å². The highest BCUT2D eigenvalue weighted by Gasteiger charge is 2.24. The van der Waals surface area contributed by atoms with Crippen LogP contribution < -0.4 is 20.1 Å². The number of hydrogen-bond donors (Lipinski definition) is 3. The summed E-state index contributed by atoms with van der Waals surface area (Å²) in [6.45, 7) is 1.79. The third kappa shape index (κ3) is 6.42. The second-order valence-electron chi connectivity index (χ2n) is 8.89. The van der Waals surface area contributed by atoms with Crippen molar-refractivity contribution in [3.05, 3.63) is 95.8 Å². The van der Waals surface area contributed by atoms with Crippen LogP contribution in [0.2, 0.25) is 0 Å². The number of rotatable bonds is 9. The van der Waals surface area contributed by atoms with Crippen molar-refractivity contribution in [3.63, 3.8) is 0 Å². The van der Waals surface area contributed by atoms with E-state index < -0.39 is 34.7 Å². The fourth-order valence-corrected chi connectivity index (χ4v) is 4.86. The van der Waals surface area contributed by atoms with Gasteiger partial charge >= 0.3 is 0 Å². The van der Waals surface area contributed by atoms with Crippen LogP contribution in [0.3, 0.4) is 0 Å². The highest BCUT2D eigenvalue weighted by molar-refractivity contribution is 7.77. The molecule has 39 heavy (non-hydrogen) atoms. The lowest BCUT2D eigenvalue weighted by Crippen LogP contribution is -2.38. The first kappa shape index (κ1) is 26.8. The van der Waals surface area contributed by atoms with E-state index in [1.807, 2.05) is 0 Å². The summed E-state index contributed by atoms with van der Waals surface area (Å²) in [4.78, 5) is 13.1. The van der Waals surface area contributed by atoms with Crippen LogP contribution in [-0.2, 0) is 11.3 Å². The number of pyridine rings is 1. The molecular weight excluding hydrogens is 526 g/mol. The highest BCUT2D eigenvalue weighted by atomic mass is 32.2. The molecule has 3 N–H and O–H groups in total. The molecule has 202 valence electrons. The summed E-state index contributed by atoms with van der Waals surface area (Å²) in [5, 5.41) is 6.64. The Labute approximate surface area is 226 Å². The first-order valence-corrected chi connectivity index (χ1v) is 13.4. The second kappa shape index (κ2) is 12.3. The minimum atomic E-state index is -2.73. The summed E-state index contributed by atoms with van der Waals surface area (Å²) in [6, 6.07) is 14.9. The number of hydrogen-bond acceptors (Lipinski definition) is 8. The van der Waals surface area contributed by atoms with E-state index in [1.54, 1.807) is 54.7 Å². The summed E-state index contributed by atoms with van der Waals surface area (Å²) >= 11 is -2.73. The van der Waals surface area contributed by atoms with E-state index in [-0.39, 0.29) is 17.5 Å². The van der Waals surface area contributed by atoms with Crippen LogP contribution in [0.5, 0.6) is 11.6 Å². The van der Waals surface area contributed by atoms with Crippen molar-refractivity contribution < 1.29 is 22.3 Å². The molecule has 1 aliphatic rings. The zero-order valence-corrected chi connectivity index (χ0v) is 21.5. The molecule has 0 saturated carbocycles. The zero-order valence-electron chi connectivity index (χ0n) is 20.6. The Morgan fingerprint density at radius 2 is 1.87 bits per heavy atom. The number of nitrogens with one attached hydrogen (secondary N) is 3. The van der Waals surface area contributed by atoms with E-state index in [2.05, 4.69) is 30.3 Å². The van der Waals surface area contributed by atoms with E-state index >= 15 is 8.78 Å². The monoisotopic (exact) mass is 551 g/mol. The summed E-state index contributed by atoms with van der Waals surface area (Å²) in [5.41, 5.74) is 1.19. The molecule has 3 atom stereocenters. The zero-order chi connectivity index (χ0) is 27.2. The molecule has 2 aromatic heterocycles. The van der Waals surface area contributed by atoms with Gasteiger partial charge in [0.05, 0.1) is 17.3 Å². The van der Waals surface area contributed by atoms with Crippen molar-refractivity contribution in [2.24, 2.45) is 0 Å². The lowest BCUT2D eigenvalue weighted by atomic mass is 9.99. The number of aromatic nitrogens is 3. The van der Waals surface area contributed by atoms with Gasteiger partial charge in [-0.1, -0.05) is 36.4 Å². The maximum Gasteiger partial charge on any atom is 0.228 e. The van der Waals surface area contributed by atoms with Gasteiger partial charge < -0.3 is 19.9 Å². The number of benzene rings is 2. The molecule has 0 bridgehead atoms. The number of anilines is 1. The largest absolute Gasteiger partial charge is 0.760 e. The maximum atomic E-state index is 15.3. The van der Waals surface area contributed by atoms with Crippen LogP contribution >= 0.6 is 0 Å². The van der Waals surface area contributed by atoms with Gasteiger partial charge in [0, 0.05) is 41.8 Å². The maximum absolute atomic E-state index is 15.3. The van der Waals surface area contributed by atoms with Gasteiger partial charge in [0.15, 0.2) is 11.6 Å². The molecule has 0 aliphatic carbocycles. The lowest BCUT2D eigenvalue weighted by molar-refractivity contribution is 0.402. The van der Waals surface area contributed by atoms with E-state index in [4.69, 9.17) is 4.74 Å². The molecule has 4 aromatic rings. The Kier molecular flexibility index (Phi) is 8.47. The van der Waals surface area contributed by atoms with E-state index in [1.165, 1.54) is 18.3 Å². The van der Waals surface area contributed by atoms with Crippen LogP contribution in [0.15, 0.2) is 73.1 Å². The Hall–Kier alpha value is -3.84. The van der Waals surface area contributed by atoms with Gasteiger partial charge in [0.2, 0.25) is 17.6 Å². The molecule has 9 nitrogen and oxygen atoms in total. The first-order chi connectivity index (χ1) is 19.0. The average molecular weight is 552 g/mol. The molecule has 2 aromatic carbocycles. The third-order valence-electron chi connectivity index (χ3n) is 6.27. The Morgan fingerprint density at radius 1 is 1.03 bits per heavy atom. The van der Waals surface area contributed by atoms with Crippen LogP contribution in [0.1, 0.15) is 30.0 Å². The van der Waals surface area contributed by atoms with Gasteiger partial charge in [-0.3, -0.25) is 4.21 Å². The van der Waals surface area contributed by atoms with Crippen LogP contribution in [0, 0.1) is 11.6 Å². The average Bonchev–Trinajstić information content (AvgIpc) is 2.96. The fourth-order valence-electron chi connectivity index (χ4n) is 4.41. The van der Waals surface area contributed by atoms with Crippen LogP contribution in [-0.4, -0.2) is 42.8 Å². The van der Waals surface area contributed by atoms with E-state index in [9.17, 15) is 8.76 Å². The molecule has 0 spiro atoms. The summed E-state index contributed by atoms with van der Waals surface area (Å²) in [7, 11) is 0. The molecule has 12 heteroatoms. The van der Waals surface area contributed by atoms with Crippen molar-refractivity contribution in [2.45, 2.75) is 24.9 Å². The first-order valence-electron chi connectivity index (χ1n) is 12.3. The SMILES string of the molecule is O=S([O-])N[C@@H](c1ccccc1)c1ccc(Oc2ncccc2-c2ccnc(N[C@H]3CCCNC3)n2)c(F)c1F. The number of halogens is 2. The smallest absolute Gasteiger partial charge is 0.228 e. The topological polar surface area (TPSA) is 124 Å². The van der Waals surface area contributed by atoms with Gasteiger partial charge in [-0.05, 0) is 49.2 Å². The summed E-state index contributed by atoms with van der Waals surface area (Å²) < 4.78 is 61.3. The molecule has 5 rings (SSSR count). The van der Waals surface area contributed by atoms with Crippen molar-refractivity contribution in [3.8, 4) is 22.9 Å². The van der Waals surface area contributed by atoms with Crippen LogP contribution in [0.4, 0.5) is 14.7 Å². The Balaban J connectivity index is 1.42. The second-order valence-corrected chi connectivity index (χ2v) is 9.59. The normalized spacial score (nSPS) is 16.8. The van der Waals surface area contributed by atoms with Gasteiger partial charge in [0.1, 0.15) is 0 Å². The molecule has 1 unspecified atom stereocenters. The van der Waals surface area contributed by atoms with Crippen molar-refractivity contribution in [1.82, 2.24) is 25.0 Å². The van der Waals surface area contributed by atoms with E-state index in [0.717, 1.165) is 25.9 Å². The minimum absolute atomic E-state index is 0.0194. The minimum Gasteiger partial charge on any atom is -0.760 e. The van der Waals surface area contributed by atoms with Gasteiger partial charge in [-0.15, -0.1) is 0 Å².